The summed E-state index contributed by atoms with van der Waals surface area (Å²) >= 11 is 0. The Morgan fingerprint density at radius 2 is 2.06 bits per heavy atom. The molecule has 1 aliphatic carbocycles. The third kappa shape index (κ3) is 2.10. The monoisotopic (exact) mass is 219 g/mol. The van der Waals surface area contributed by atoms with Gasteiger partial charge in [0.25, 0.3) is 0 Å². The Labute approximate surface area is 95.6 Å². The van der Waals surface area contributed by atoms with Crippen molar-refractivity contribution in [1.82, 2.24) is 4.90 Å². The molecule has 3 nitrogen and oxygen atoms in total. The minimum Gasteiger partial charge on any atom is -0.472 e. The average molecular weight is 219 g/mol. The van der Waals surface area contributed by atoms with E-state index in [1.807, 2.05) is 20.2 Å². The molecule has 0 spiro atoms. The van der Waals surface area contributed by atoms with Gasteiger partial charge in [-0.05, 0) is 49.8 Å². The zero-order chi connectivity index (χ0) is 11.5. The predicted molar refractivity (Wildman–Crippen MR) is 63.5 cm³/mol. The zero-order valence-corrected chi connectivity index (χ0v) is 9.68. The summed E-state index contributed by atoms with van der Waals surface area (Å²) in [6, 6.07) is 6.51. The summed E-state index contributed by atoms with van der Waals surface area (Å²) < 4.78 is 5.14. The van der Waals surface area contributed by atoms with E-state index in [0.717, 1.165) is 12.0 Å². The molecule has 1 N–H and O–H groups in total. The fraction of sp³-hybridized carbons (Fsp3) is 0.385. The Morgan fingerprint density at radius 1 is 1.31 bits per heavy atom. The highest BCUT2D eigenvalue weighted by molar-refractivity contribution is 5.67. The molecule has 0 aromatic carbocycles. The number of aliphatic hydroxyl groups is 1. The van der Waals surface area contributed by atoms with E-state index in [1.54, 1.807) is 12.5 Å². The van der Waals surface area contributed by atoms with Crippen molar-refractivity contribution in [3.8, 4) is 11.1 Å². The summed E-state index contributed by atoms with van der Waals surface area (Å²) in [6.45, 7) is 0.203. The van der Waals surface area contributed by atoms with Crippen LogP contribution in [-0.4, -0.2) is 30.7 Å². The Morgan fingerprint density at radius 3 is 2.69 bits per heavy atom. The lowest BCUT2D eigenvalue weighted by atomic mass is 10.1. The minimum atomic E-state index is 0.203. The minimum absolute atomic E-state index is 0.203. The van der Waals surface area contributed by atoms with E-state index in [9.17, 15) is 0 Å². The molecule has 3 heteroatoms. The second-order valence-corrected chi connectivity index (χ2v) is 4.25. The normalized spacial score (nSPS) is 13.5. The van der Waals surface area contributed by atoms with Gasteiger partial charge in [0, 0.05) is 18.2 Å². The van der Waals surface area contributed by atoms with Gasteiger partial charge in [-0.15, -0.1) is 0 Å². The highest BCUT2D eigenvalue weighted by atomic mass is 16.3. The molecular weight excluding hydrogens is 202 g/mol. The van der Waals surface area contributed by atoms with Crippen molar-refractivity contribution in [3.05, 3.63) is 36.3 Å². The largest absolute Gasteiger partial charge is 0.472 e. The summed E-state index contributed by atoms with van der Waals surface area (Å²) in [5, 5.41) is 9.08. The van der Waals surface area contributed by atoms with Crippen molar-refractivity contribution in [2.45, 2.75) is 12.5 Å². The van der Waals surface area contributed by atoms with Gasteiger partial charge in [-0.1, -0.05) is 0 Å². The second-order valence-electron chi connectivity index (χ2n) is 4.25. The van der Waals surface area contributed by atoms with Crippen LogP contribution in [0.5, 0.6) is 0 Å². The van der Waals surface area contributed by atoms with Crippen LogP contribution in [0.2, 0.25) is 0 Å². The molecule has 0 fully saturated rings. The summed E-state index contributed by atoms with van der Waals surface area (Å²) in [4.78, 5) is 2.13. The molecule has 0 aromatic rings. The van der Waals surface area contributed by atoms with E-state index >= 15 is 0 Å². The quantitative estimate of drug-likeness (QED) is 0.857. The molecule has 1 heterocycles. The van der Waals surface area contributed by atoms with Gasteiger partial charge in [-0.2, -0.15) is 0 Å². The molecule has 1 aliphatic heterocycles. The number of nitrogens with zero attached hydrogens (tertiary/aromatic N) is 1. The lowest BCUT2D eigenvalue weighted by Gasteiger charge is -2.22. The highest BCUT2D eigenvalue weighted by Gasteiger charge is 2.17. The smallest absolute Gasteiger partial charge is 0.0979 e. The predicted octanol–water partition coefficient (Wildman–Crippen LogP) is 2.37. The first kappa shape index (κ1) is 11.2. The molecule has 0 saturated heterocycles. The van der Waals surface area contributed by atoms with E-state index in [2.05, 4.69) is 17.0 Å². The summed E-state index contributed by atoms with van der Waals surface area (Å²) in [5.41, 5.74) is 3.53. The van der Waals surface area contributed by atoms with Gasteiger partial charge in [0.05, 0.1) is 12.5 Å². The van der Waals surface area contributed by atoms with Crippen LogP contribution < -0.4 is 0 Å². The number of fused-ring (bicyclic) bond motifs is 1. The van der Waals surface area contributed by atoms with Crippen LogP contribution in [0.4, 0.5) is 0 Å². The lowest BCUT2D eigenvalue weighted by molar-refractivity contribution is 0.211. The van der Waals surface area contributed by atoms with E-state index in [-0.39, 0.29) is 12.6 Å². The first-order chi connectivity index (χ1) is 7.72. The van der Waals surface area contributed by atoms with Gasteiger partial charge in [-0.3, -0.25) is 0 Å². The molecule has 0 saturated carbocycles. The zero-order valence-electron chi connectivity index (χ0n) is 9.68. The van der Waals surface area contributed by atoms with Gasteiger partial charge in [0.1, 0.15) is 0 Å². The van der Waals surface area contributed by atoms with Gasteiger partial charge in [0.15, 0.2) is 0 Å². The molecule has 2 rings (SSSR count). The van der Waals surface area contributed by atoms with Crippen molar-refractivity contribution in [3.63, 3.8) is 0 Å². The number of rotatable bonds is 4. The maximum Gasteiger partial charge on any atom is 0.0979 e. The Bertz CT molecular complexity index is 392. The maximum atomic E-state index is 9.08. The fourth-order valence-electron chi connectivity index (χ4n) is 2.08. The van der Waals surface area contributed by atoms with Crippen molar-refractivity contribution in [1.29, 1.82) is 0 Å². The van der Waals surface area contributed by atoms with Gasteiger partial charge >= 0.3 is 0 Å². The van der Waals surface area contributed by atoms with Crippen LogP contribution in [0.1, 0.15) is 18.0 Å². The summed E-state index contributed by atoms with van der Waals surface area (Å²) in [5.74, 6) is 0. The SMILES string of the molecule is CN(C)C(CCO)c1cc2ccocc-2c1. The standard InChI is InChI=1S/C13H17NO2/c1-14(2)13(3-5-15)11-7-10-4-6-16-9-12(10)8-11/h4,6-9,13,15H,3,5H2,1-2H3. The maximum absolute atomic E-state index is 9.08. The van der Waals surface area contributed by atoms with E-state index in [1.165, 1.54) is 11.1 Å². The second kappa shape index (κ2) is 4.68. The lowest BCUT2D eigenvalue weighted by Crippen LogP contribution is -2.20. The van der Waals surface area contributed by atoms with E-state index in [4.69, 9.17) is 9.52 Å². The molecule has 1 unspecified atom stereocenters. The molecular formula is C13H17NO2. The number of aliphatic hydroxyl groups excluding tert-OH is 1. The first-order valence-corrected chi connectivity index (χ1v) is 5.45. The molecule has 86 valence electrons. The van der Waals surface area contributed by atoms with Crippen molar-refractivity contribution >= 4 is 0 Å². The summed E-state index contributed by atoms with van der Waals surface area (Å²) in [7, 11) is 4.06. The van der Waals surface area contributed by atoms with E-state index in [0.29, 0.717) is 0 Å². The Hall–Kier alpha value is -1.32. The van der Waals surface area contributed by atoms with Gasteiger partial charge < -0.3 is 14.4 Å². The van der Waals surface area contributed by atoms with Crippen molar-refractivity contribution in [2.75, 3.05) is 20.7 Å². The van der Waals surface area contributed by atoms with Crippen LogP contribution in [0.15, 0.2) is 35.1 Å². The molecule has 0 radical (unpaired) electrons. The fourth-order valence-corrected chi connectivity index (χ4v) is 2.08. The van der Waals surface area contributed by atoms with Crippen LogP contribution >= 0.6 is 0 Å². The van der Waals surface area contributed by atoms with Crippen LogP contribution in [-0.2, 0) is 0 Å². The molecule has 2 aliphatic rings. The van der Waals surface area contributed by atoms with Crippen LogP contribution in [0, 0.1) is 0 Å². The number of hydrogen-bond donors (Lipinski definition) is 1. The Kier molecular flexibility index (Phi) is 3.27. The average Bonchev–Trinajstić information content (AvgIpc) is 2.68. The first-order valence-electron chi connectivity index (χ1n) is 5.45. The molecule has 0 amide bonds. The van der Waals surface area contributed by atoms with Gasteiger partial charge in [0.2, 0.25) is 0 Å². The molecule has 1 atom stereocenters. The molecule has 0 bridgehead atoms. The van der Waals surface area contributed by atoms with E-state index < -0.39 is 0 Å². The van der Waals surface area contributed by atoms with Crippen LogP contribution in [0.3, 0.4) is 0 Å². The van der Waals surface area contributed by atoms with Gasteiger partial charge in [-0.25, -0.2) is 0 Å². The van der Waals surface area contributed by atoms with Crippen molar-refractivity contribution in [2.24, 2.45) is 0 Å². The molecule has 16 heavy (non-hydrogen) atoms. The Balaban J connectivity index is 2.34. The highest BCUT2D eigenvalue weighted by Crippen LogP contribution is 2.32. The van der Waals surface area contributed by atoms with Crippen molar-refractivity contribution < 1.29 is 9.52 Å². The van der Waals surface area contributed by atoms with Crippen LogP contribution in [0.25, 0.3) is 11.1 Å². The molecule has 0 aromatic heterocycles. The third-order valence-corrected chi connectivity index (χ3v) is 2.91. The third-order valence-electron chi connectivity index (χ3n) is 2.91. The topological polar surface area (TPSA) is 36.6 Å². The number of hydrogen-bond acceptors (Lipinski definition) is 3. The summed E-state index contributed by atoms with van der Waals surface area (Å²) in [6.07, 6.45) is 4.19.